The van der Waals surface area contributed by atoms with Crippen molar-refractivity contribution >= 4 is 11.9 Å². The number of rotatable bonds is 5. The molecule has 7 nitrogen and oxygen atoms in total. The number of likely N-dealkylation sites (N-methyl/N-ethyl adjacent to an activating group) is 1. The summed E-state index contributed by atoms with van der Waals surface area (Å²) in [5.74, 6) is 1.46. The second-order valence-electron chi connectivity index (χ2n) is 5.53. The molecule has 1 heterocycles. The Morgan fingerprint density at radius 2 is 2.14 bits per heavy atom. The van der Waals surface area contributed by atoms with Crippen molar-refractivity contribution in [1.82, 2.24) is 20.7 Å². The van der Waals surface area contributed by atoms with Crippen LogP contribution in [-0.4, -0.2) is 48.6 Å². The lowest BCUT2D eigenvalue weighted by Gasteiger charge is -2.14. The third-order valence-corrected chi connectivity index (χ3v) is 3.40. The minimum atomic E-state index is 0.0117. The first kappa shape index (κ1) is 15.3. The Bertz CT molecular complexity index is 512. The highest BCUT2D eigenvalue weighted by Crippen LogP contribution is 2.18. The van der Waals surface area contributed by atoms with Crippen molar-refractivity contribution in [3.63, 3.8) is 0 Å². The van der Waals surface area contributed by atoms with Gasteiger partial charge in [0.15, 0.2) is 5.96 Å². The Labute approximate surface area is 124 Å². The van der Waals surface area contributed by atoms with E-state index < -0.39 is 0 Å². The van der Waals surface area contributed by atoms with E-state index in [1.54, 1.807) is 19.0 Å². The number of carbonyl (C=O) groups excluding carboxylic acids is 1. The summed E-state index contributed by atoms with van der Waals surface area (Å²) in [7, 11) is 3.47. The summed E-state index contributed by atoms with van der Waals surface area (Å²) in [6.45, 7) is 4.49. The minimum absolute atomic E-state index is 0.0117. The van der Waals surface area contributed by atoms with E-state index in [1.807, 2.05) is 13.8 Å². The smallest absolute Gasteiger partial charge is 0.241 e. The van der Waals surface area contributed by atoms with E-state index in [2.05, 4.69) is 20.8 Å². The third kappa shape index (κ3) is 4.47. The maximum absolute atomic E-state index is 11.6. The zero-order chi connectivity index (χ0) is 15.4. The number of hydrogen-bond acceptors (Lipinski definition) is 4. The van der Waals surface area contributed by atoms with Crippen molar-refractivity contribution in [3.05, 3.63) is 17.0 Å². The number of amides is 1. The molecule has 7 heteroatoms. The molecule has 0 atom stereocenters. The van der Waals surface area contributed by atoms with Crippen LogP contribution in [0, 0.1) is 13.8 Å². The van der Waals surface area contributed by atoms with Crippen LogP contribution in [0.5, 0.6) is 0 Å². The Balaban J connectivity index is 1.97. The topological polar surface area (TPSA) is 82.8 Å². The fourth-order valence-electron chi connectivity index (χ4n) is 1.78. The molecule has 0 bridgehead atoms. The summed E-state index contributed by atoms with van der Waals surface area (Å²) in [6.07, 6.45) is 2.29. The summed E-state index contributed by atoms with van der Waals surface area (Å²) in [4.78, 5) is 17.7. The summed E-state index contributed by atoms with van der Waals surface area (Å²) >= 11 is 0. The molecule has 1 aliphatic rings. The SMILES string of the molecule is Cc1noc(C)c1CN=C(NCC(=O)N(C)C)NC1CC1. The molecular weight excluding hydrogens is 270 g/mol. The lowest BCUT2D eigenvalue weighted by Crippen LogP contribution is -2.43. The van der Waals surface area contributed by atoms with Gasteiger partial charge in [0.25, 0.3) is 0 Å². The van der Waals surface area contributed by atoms with E-state index in [9.17, 15) is 4.79 Å². The van der Waals surface area contributed by atoms with Gasteiger partial charge < -0.3 is 20.1 Å². The van der Waals surface area contributed by atoms with E-state index in [0.29, 0.717) is 18.5 Å². The molecule has 2 rings (SSSR count). The van der Waals surface area contributed by atoms with Crippen molar-refractivity contribution in [3.8, 4) is 0 Å². The number of nitrogens with zero attached hydrogens (tertiary/aromatic N) is 3. The molecule has 0 radical (unpaired) electrons. The number of aliphatic imine (C=N–C) groups is 1. The first-order valence-corrected chi connectivity index (χ1v) is 7.14. The van der Waals surface area contributed by atoms with E-state index >= 15 is 0 Å². The molecule has 1 amide bonds. The first-order chi connectivity index (χ1) is 9.97. The highest BCUT2D eigenvalue weighted by atomic mass is 16.5. The van der Waals surface area contributed by atoms with Gasteiger partial charge in [-0.1, -0.05) is 5.16 Å². The Morgan fingerprint density at radius 1 is 1.43 bits per heavy atom. The fraction of sp³-hybridized carbons (Fsp3) is 0.643. The van der Waals surface area contributed by atoms with E-state index in [-0.39, 0.29) is 12.5 Å². The molecule has 1 aliphatic carbocycles. The molecule has 1 aromatic rings. The van der Waals surface area contributed by atoms with Gasteiger partial charge in [-0.15, -0.1) is 0 Å². The highest BCUT2D eigenvalue weighted by molar-refractivity contribution is 5.86. The fourth-order valence-corrected chi connectivity index (χ4v) is 1.78. The highest BCUT2D eigenvalue weighted by Gasteiger charge is 2.22. The molecule has 0 saturated heterocycles. The molecule has 0 unspecified atom stereocenters. The minimum Gasteiger partial charge on any atom is -0.361 e. The molecule has 1 saturated carbocycles. The van der Waals surface area contributed by atoms with Crippen LogP contribution < -0.4 is 10.6 Å². The Morgan fingerprint density at radius 3 is 2.67 bits per heavy atom. The lowest BCUT2D eigenvalue weighted by molar-refractivity contribution is -0.127. The van der Waals surface area contributed by atoms with Crippen LogP contribution in [0.1, 0.15) is 29.9 Å². The van der Waals surface area contributed by atoms with Crippen LogP contribution in [-0.2, 0) is 11.3 Å². The van der Waals surface area contributed by atoms with Crippen molar-refractivity contribution < 1.29 is 9.32 Å². The number of guanidine groups is 1. The molecule has 116 valence electrons. The predicted octanol–water partition coefficient (Wildman–Crippen LogP) is 0.577. The number of nitrogens with one attached hydrogen (secondary N) is 2. The van der Waals surface area contributed by atoms with E-state index in [4.69, 9.17) is 4.52 Å². The average molecular weight is 293 g/mol. The standard InChI is InChI=1S/C14H23N5O2/c1-9-12(10(2)21-18-9)7-15-14(17-11-5-6-11)16-8-13(20)19(3)4/h11H,5-8H2,1-4H3,(H2,15,16,17). The molecule has 21 heavy (non-hydrogen) atoms. The van der Waals surface area contributed by atoms with Crippen molar-refractivity contribution in [2.45, 2.75) is 39.3 Å². The van der Waals surface area contributed by atoms with Crippen molar-refractivity contribution in [2.75, 3.05) is 20.6 Å². The second-order valence-corrected chi connectivity index (χ2v) is 5.53. The largest absolute Gasteiger partial charge is 0.361 e. The summed E-state index contributed by atoms with van der Waals surface area (Å²) in [6, 6.07) is 0.468. The molecule has 1 aromatic heterocycles. The van der Waals surface area contributed by atoms with Gasteiger partial charge in [0.05, 0.1) is 18.8 Å². The van der Waals surface area contributed by atoms with Crippen LogP contribution >= 0.6 is 0 Å². The number of carbonyl (C=O) groups is 1. The monoisotopic (exact) mass is 293 g/mol. The van der Waals surface area contributed by atoms with Gasteiger partial charge in [0.1, 0.15) is 5.76 Å². The van der Waals surface area contributed by atoms with Gasteiger partial charge in [0.2, 0.25) is 5.91 Å². The van der Waals surface area contributed by atoms with Gasteiger partial charge in [-0.2, -0.15) is 0 Å². The molecule has 0 spiro atoms. The average Bonchev–Trinajstić information content (AvgIpc) is 3.19. The quantitative estimate of drug-likeness (QED) is 0.613. The zero-order valence-electron chi connectivity index (χ0n) is 13.1. The predicted molar refractivity (Wildman–Crippen MR) is 80.0 cm³/mol. The van der Waals surface area contributed by atoms with Gasteiger partial charge in [0, 0.05) is 25.7 Å². The van der Waals surface area contributed by atoms with Crippen LogP contribution in [0.15, 0.2) is 9.52 Å². The summed E-state index contributed by atoms with van der Waals surface area (Å²) < 4.78 is 5.13. The molecule has 2 N–H and O–H groups in total. The summed E-state index contributed by atoms with van der Waals surface area (Å²) in [5, 5.41) is 10.3. The first-order valence-electron chi connectivity index (χ1n) is 7.14. The molecule has 0 aromatic carbocycles. The molecule has 0 aliphatic heterocycles. The molecule has 1 fully saturated rings. The van der Waals surface area contributed by atoms with E-state index in [0.717, 1.165) is 29.9 Å². The van der Waals surface area contributed by atoms with Crippen LogP contribution in [0.25, 0.3) is 0 Å². The Hall–Kier alpha value is -2.05. The normalized spacial score (nSPS) is 15.0. The summed E-state index contributed by atoms with van der Waals surface area (Å²) in [5.41, 5.74) is 1.84. The van der Waals surface area contributed by atoms with Crippen LogP contribution in [0.3, 0.4) is 0 Å². The maximum Gasteiger partial charge on any atom is 0.241 e. The number of hydrogen-bond donors (Lipinski definition) is 2. The third-order valence-electron chi connectivity index (χ3n) is 3.40. The number of aryl methyl sites for hydroxylation is 2. The zero-order valence-corrected chi connectivity index (χ0v) is 13.1. The van der Waals surface area contributed by atoms with Crippen molar-refractivity contribution in [2.24, 2.45) is 4.99 Å². The van der Waals surface area contributed by atoms with Gasteiger partial charge in [-0.3, -0.25) is 4.79 Å². The molecular formula is C14H23N5O2. The number of aromatic nitrogens is 1. The second kappa shape index (κ2) is 6.60. The van der Waals surface area contributed by atoms with Crippen molar-refractivity contribution in [1.29, 1.82) is 0 Å². The van der Waals surface area contributed by atoms with Gasteiger partial charge >= 0.3 is 0 Å². The lowest BCUT2D eigenvalue weighted by atomic mass is 10.2. The van der Waals surface area contributed by atoms with Gasteiger partial charge in [-0.05, 0) is 26.7 Å². The van der Waals surface area contributed by atoms with E-state index in [1.165, 1.54) is 0 Å². The Kier molecular flexibility index (Phi) is 4.82. The van der Waals surface area contributed by atoms with Crippen LogP contribution in [0.2, 0.25) is 0 Å². The van der Waals surface area contributed by atoms with Crippen LogP contribution in [0.4, 0.5) is 0 Å². The maximum atomic E-state index is 11.6. The van der Waals surface area contributed by atoms with Gasteiger partial charge in [-0.25, -0.2) is 4.99 Å².